The van der Waals surface area contributed by atoms with Crippen LogP contribution in [0.4, 0.5) is 0 Å². The summed E-state index contributed by atoms with van der Waals surface area (Å²) < 4.78 is 0. The van der Waals surface area contributed by atoms with Gasteiger partial charge in [-0.15, -0.1) is 0 Å². The van der Waals surface area contributed by atoms with Crippen LogP contribution in [-0.2, 0) is 19.2 Å². The number of carboxylic acids is 2. The van der Waals surface area contributed by atoms with Crippen molar-refractivity contribution < 1.29 is 29.4 Å². The number of guanidine groups is 1. The average molecular weight is 386 g/mol. The summed E-state index contributed by atoms with van der Waals surface area (Å²) in [5.74, 6) is -3.84. The minimum Gasteiger partial charge on any atom is -0.481 e. The van der Waals surface area contributed by atoms with Gasteiger partial charge in [0.15, 0.2) is 5.96 Å². The second-order valence-corrected chi connectivity index (χ2v) is 6.24. The summed E-state index contributed by atoms with van der Waals surface area (Å²) >= 11 is 0. The highest BCUT2D eigenvalue weighted by molar-refractivity contribution is 5.93. The first-order valence-corrected chi connectivity index (χ1v) is 8.50. The summed E-state index contributed by atoms with van der Waals surface area (Å²) in [4.78, 5) is 51.9. The third kappa shape index (κ3) is 7.09. The van der Waals surface area contributed by atoms with Gasteiger partial charge in [0.25, 0.3) is 0 Å². The number of aliphatic imine (C=N–C) groups is 1. The van der Waals surface area contributed by atoms with Crippen LogP contribution in [0, 0.1) is 0 Å². The number of nitrogens with two attached hydrogens (primary N) is 3. The minimum absolute atomic E-state index is 0.115. The second kappa shape index (κ2) is 10.3. The maximum absolute atomic E-state index is 12.8. The van der Waals surface area contributed by atoms with E-state index in [4.69, 9.17) is 22.3 Å². The van der Waals surface area contributed by atoms with Gasteiger partial charge in [-0.2, -0.15) is 0 Å². The zero-order valence-corrected chi connectivity index (χ0v) is 14.8. The van der Waals surface area contributed by atoms with Crippen molar-refractivity contribution in [1.82, 2.24) is 10.2 Å². The maximum atomic E-state index is 12.8. The number of carbonyl (C=O) groups is 4. The lowest BCUT2D eigenvalue weighted by Crippen LogP contribution is -2.54. The van der Waals surface area contributed by atoms with Gasteiger partial charge in [-0.05, 0) is 25.7 Å². The van der Waals surface area contributed by atoms with Crippen LogP contribution in [0.2, 0.25) is 0 Å². The van der Waals surface area contributed by atoms with E-state index < -0.39 is 48.3 Å². The maximum Gasteiger partial charge on any atom is 0.326 e. The number of aliphatic carboxylic acids is 2. The highest BCUT2D eigenvalue weighted by Crippen LogP contribution is 2.19. The predicted molar refractivity (Wildman–Crippen MR) is 94.4 cm³/mol. The van der Waals surface area contributed by atoms with Crippen molar-refractivity contribution in [2.24, 2.45) is 22.2 Å². The van der Waals surface area contributed by atoms with Crippen molar-refractivity contribution in [3.63, 3.8) is 0 Å². The van der Waals surface area contributed by atoms with Gasteiger partial charge in [0.05, 0.1) is 12.5 Å². The van der Waals surface area contributed by atoms with Crippen LogP contribution >= 0.6 is 0 Å². The van der Waals surface area contributed by atoms with Crippen LogP contribution in [-0.4, -0.2) is 76.0 Å². The molecule has 0 aromatic heterocycles. The molecule has 12 heteroatoms. The van der Waals surface area contributed by atoms with Gasteiger partial charge in [0.2, 0.25) is 11.8 Å². The Bertz CT molecular complexity index is 606. The van der Waals surface area contributed by atoms with Crippen LogP contribution in [0.25, 0.3) is 0 Å². The lowest BCUT2D eigenvalue weighted by molar-refractivity contribution is -0.149. The van der Waals surface area contributed by atoms with E-state index in [1.807, 2.05) is 0 Å². The number of hydrogen-bond acceptors (Lipinski definition) is 6. The molecule has 0 aliphatic carbocycles. The summed E-state index contributed by atoms with van der Waals surface area (Å²) in [5, 5.41) is 20.4. The molecule has 27 heavy (non-hydrogen) atoms. The topological polar surface area (TPSA) is 214 Å². The quantitative estimate of drug-likeness (QED) is 0.132. The largest absolute Gasteiger partial charge is 0.481 e. The lowest BCUT2D eigenvalue weighted by Gasteiger charge is -2.28. The molecule has 12 nitrogen and oxygen atoms in total. The fourth-order valence-corrected chi connectivity index (χ4v) is 2.81. The van der Waals surface area contributed by atoms with Crippen LogP contribution in [0.15, 0.2) is 4.99 Å². The molecule has 1 fully saturated rings. The number of rotatable bonds is 10. The van der Waals surface area contributed by atoms with Gasteiger partial charge in [0.1, 0.15) is 12.1 Å². The van der Waals surface area contributed by atoms with Crippen molar-refractivity contribution in [1.29, 1.82) is 0 Å². The van der Waals surface area contributed by atoms with Crippen molar-refractivity contribution in [3.8, 4) is 0 Å². The van der Waals surface area contributed by atoms with Crippen LogP contribution in [0.1, 0.15) is 32.1 Å². The van der Waals surface area contributed by atoms with E-state index in [2.05, 4.69) is 10.3 Å². The number of likely N-dealkylation sites (tertiary alicyclic amines) is 1. The first-order valence-electron chi connectivity index (χ1n) is 8.50. The van der Waals surface area contributed by atoms with Crippen molar-refractivity contribution in [3.05, 3.63) is 0 Å². The van der Waals surface area contributed by atoms with Crippen molar-refractivity contribution in [2.75, 3.05) is 13.1 Å². The lowest BCUT2D eigenvalue weighted by atomic mass is 10.1. The predicted octanol–water partition coefficient (Wildman–Crippen LogP) is -2.60. The molecular formula is C15H26N6O6. The standard InChI is InChI=1S/C15H26N6O6/c16-8(7-11(22)23)12(24)20-9(3-1-5-19-15(17)18)13(25)21-6-2-4-10(21)14(26)27/h8-10H,1-7,16H2,(H,20,24)(H,22,23)(H,26,27)(H4,17,18,19)/t8-,9-,10-/m0/s1. The molecule has 1 saturated heterocycles. The monoisotopic (exact) mass is 386 g/mol. The number of carbonyl (C=O) groups excluding carboxylic acids is 2. The summed E-state index contributed by atoms with van der Waals surface area (Å²) in [5.41, 5.74) is 16.0. The van der Waals surface area contributed by atoms with E-state index in [-0.39, 0.29) is 25.5 Å². The molecule has 9 N–H and O–H groups in total. The third-order valence-electron chi connectivity index (χ3n) is 4.11. The highest BCUT2D eigenvalue weighted by Gasteiger charge is 2.37. The Labute approximate surface area is 155 Å². The first kappa shape index (κ1) is 22.2. The molecule has 0 radical (unpaired) electrons. The smallest absolute Gasteiger partial charge is 0.326 e. The summed E-state index contributed by atoms with van der Waals surface area (Å²) in [6.45, 7) is 0.475. The molecule has 0 saturated carbocycles. The van der Waals surface area contributed by atoms with E-state index in [1.54, 1.807) is 0 Å². The number of hydrogen-bond donors (Lipinski definition) is 6. The highest BCUT2D eigenvalue weighted by atomic mass is 16.4. The zero-order valence-electron chi connectivity index (χ0n) is 14.8. The van der Waals surface area contributed by atoms with E-state index in [0.717, 1.165) is 0 Å². The van der Waals surface area contributed by atoms with Gasteiger partial charge in [-0.25, -0.2) is 4.79 Å². The fourth-order valence-electron chi connectivity index (χ4n) is 2.81. The average Bonchev–Trinajstić information content (AvgIpc) is 3.05. The van der Waals surface area contributed by atoms with Gasteiger partial charge < -0.3 is 37.6 Å². The zero-order chi connectivity index (χ0) is 20.6. The molecule has 2 amide bonds. The van der Waals surface area contributed by atoms with Crippen molar-refractivity contribution >= 4 is 29.7 Å². The summed E-state index contributed by atoms with van der Waals surface area (Å²) in [6, 6.07) is -3.34. The first-order chi connectivity index (χ1) is 12.6. The molecule has 1 heterocycles. The molecule has 1 aliphatic rings. The Morgan fingerprint density at radius 2 is 1.89 bits per heavy atom. The Morgan fingerprint density at radius 1 is 1.22 bits per heavy atom. The fraction of sp³-hybridized carbons (Fsp3) is 0.667. The van der Waals surface area contributed by atoms with Gasteiger partial charge in [-0.3, -0.25) is 19.4 Å². The third-order valence-corrected chi connectivity index (χ3v) is 4.11. The molecule has 0 aromatic carbocycles. The van der Waals surface area contributed by atoms with Crippen LogP contribution < -0.4 is 22.5 Å². The molecule has 0 unspecified atom stereocenters. The number of nitrogens with zero attached hydrogens (tertiary/aromatic N) is 2. The molecule has 1 rings (SSSR count). The van der Waals surface area contributed by atoms with Gasteiger partial charge >= 0.3 is 11.9 Å². The Morgan fingerprint density at radius 3 is 2.44 bits per heavy atom. The summed E-state index contributed by atoms with van der Waals surface area (Å²) in [7, 11) is 0. The Hall–Kier alpha value is -2.89. The van der Waals surface area contributed by atoms with Gasteiger partial charge in [0, 0.05) is 13.1 Å². The number of nitrogens with one attached hydrogen (secondary N) is 1. The number of carboxylic acid groups (broad SMARTS) is 2. The second-order valence-electron chi connectivity index (χ2n) is 6.24. The van der Waals surface area contributed by atoms with E-state index >= 15 is 0 Å². The minimum atomic E-state index is -1.33. The molecule has 152 valence electrons. The normalized spacial score (nSPS) is 18.4. The molecular weight excluding hydrogens is 360 g/mol. The van der Waals surface area contributed by atoms with E-state index in [9.17, 15) is 24.3 Å². The SMILES string of the molecule is NC(N)=NCCC[C@H](NC(=O)[C@@H](N)CC(=O)O)C(=O)N1CCC[C@H]1C(=O)O. The van der Waals surface area contributed by atoms with E-state index in [0.29, 0.717) is 19.3 Å². The van der Waals surface area contributed by atoms with Crippen LogP contribution in [0.5, 0.6) is 0 Å². The van der Waals surface area contributed by atoms with Crippen molar-refractivity contribution in [2.45, 2.75) is 50.2 Å². The molecule has 0 spiro atoms. The van der Waals surface area contributed by atoms with E-state index in [1.165, 1.54) is 4.90 Å². The molecule has 0 aromatic rings. The Kier molecular flexibility index (Phi) is 8.45. The number of amides is 2. The molecule has 1 aliphatic heterocycles. The molecule has 0 bridgehead atoms. The van der Waals surface area contributed by atoms with Gasteiger partial charge in [-0.1, -0.05) is 0 Å². The Balaban J connectivity index is 2.84. The van der Waals surface area contributed by atoms with Crippen LogP contribution in [0.3, 0.4) is 0 Å². The molecule has 3 atom stereocenters. The summed E-state index contributed by atoms with van der Waals surface area (Å²) in [6.07, 6.45) is 0.755.